The summed E-state index contributed by atoms with van der Waals surface area (Å²) < 4.78 is 32.6. The van der Waals surface area contributed by atoms with Gasteiger partial charge in [0.2, 0.25) is 9.84 Å². The summed E-state index contributed by atoms with van der Waals surface area (Å²) in [6, 6.07) is 17.5. The van der Waals surface area contributed by atoms with Crippen molar-refractivity contribution in [2.75, 3.05) is 13.2 Å². The Labute approximate surface area is 160 Å². The molecule has 0 bridgehead atoms. The van der Waals surface area contributed by atoms with Crippen molar-refractivity contribution in [2.45, 2.75) is 9.92 Å². The van der Waals surface area contributed by atoms with Gasteiger partial charge in [-0.05, 0) is 29.1 Å². The van der Waals surface area contributed by atoms with Gasteiger partial charge in [-0.15, -0.1) is 0 Å². The van der Waals surface area contributed by atoms with E-state index >= 15 is 0 Å². The van der Waals surface area contributed by atoms with Crippen molar-refractivity contribution in [1.29, 1.82) is 0 Å². The Kier molecular flexibility index (Phi) is 4.60. The third-order valence-corrected chi connectivity index (χ3v) is 6.10. The molecule has 0 saturated heterocycles. The highest BCUT2D eigenvalue weighted by Crippen LogP contribution is 2.35. The predicted octanol–water partition coefficient (Wildman–Crippen LogP) is 4.24. The van der Waals surface area contributed by atoms with Gasteiger partial charge in [0.15, 0.2) is 5.03 Å². The molecule has 1 heterocycles. The largest absolute Gasteiger partial charge is 0.493 e. The molecule has 0 aliphatic carbocycles. The van der Waals surface area contributed by atoms with E-state index in [4.69, 9.17) is 10.3 Å². The minimum absolute atomic E-state index is 0.0294. The third-order valence-electron chi connectivity index (χ3n) is 4.33. The second kappa shape index (κ2) is 7.22. The van der Waals surface area contributed by atoms with Crippen LogP contribution in [0.3, 0.4) is 0 Å². The van der Waals surface area contributed by atoms with Gasteiger partial charge >= 0.3 is 0 Å². The van der Waals surface area contributed by atoms with E-state index in [0.29, 0.717) is 22.0 Å². The molecule has 0 spiro atoms. The zero-order chi connectivity index (χ0) is 19.6. The zero-order valence-corrected chi connectivity index (χ0v) is 15.4. The number of aromatic nitrogens is 2. The summed E-state index contributed by atoms with van der Waals surface area (Å²) in [7, 11) is -3.89. The lowest BCUT2D eigenvalue weighted by Crippen LogP contribution is -2.06. The first-order valence-electron chi connectivity index (χ1n) is 8.46. The van der Waals surface area contributed by atoms with Crippen molar-refractivity contribution in [1.82, 2.24) is 10.2 Å². The van der Waals surface area contributed by atoms with Crippen LogP contribution in [0.5, 0.6) is 5.75 Å². The van der Waals surface area contributed by atoms with Gasteiger partial charge in [0.1, 0.15) is 5.75 Å². The molecule has 1 aromatic heterocycles. The van der Waals surface area contributed by atoms with E-state index < -0.39 is 9.84 Å². The average molecular weight is 393 g/mol. The Morgan fingerprint density at radius 2 is 1.86 bits per heavy atom. The van der Waals surface area contributed by atoms with Crippen molar-refractivity contribution >= 4 is 31.5 Å². The fourth-order valence-electron chi connectivity index (χ4n) is 3.10. The van der Waals surface area contributed by atoms with Crippen LogP contribution in [0.2, 0.25) is 0 Å². The average Bonchev–Trinajstić information content (AvgIpc) is 3.16. The normalized spacial score (nSPS) is 11.4. The van der Waals surface area contributed by atoms with E-state index in [1.807, 2.05) is 18.2 Å². The van der Waals surface area contributed by atoms with Gasteiger partial charge < -0.3 is 4.74 Å². The molecule has 0 radical (unpaired) electrons. The monoisotopic (exact) mass is 393 g/mol. The lowest BCUT2D eigenvalue weighted by molar-refractivity contribution is 0.331. The summed E-state index contributed by atoms with van der Waals surface area (Å²) >= 11 is 0. The Hall–Kier alpha value is -3.55. The molecule has 0 aliphatic heterocycles. The number of benzene rings is 3. The van der Waals surface area contributed by atoms with Crippen LogP contribution < -0.4 is 4.74 Å². The Morgan fingerprint density at radius 1 is 1.07 bits per heavy atom. The van der Waals surface area contributed by atoms with E-state index in [0.717, 1.165) is 5.39 Å². The number of aromatic amines is 1. The van der Waals surface area contributed by atoms with Crippen LogP contribution in [0.4, 0.5) is 0 Å². The minimum Gasteiger partial charge on any atom is -0.493 e. The lowest BCUT2D eigenvalue weighted by Gasteiger charge is -2.09. The van der Waals surface area contributed by atoms with Gasteiger partial charge in [-0.3, -0.25) is 5.10 Å². The maximum absolute atomic E-state index is 13.5. The highest BCUT2D eigenvalue weighted by molar-refractivity contribution is 7.91. The number of H-pyrrole nitrogens is 1. The van der Waals surface area contributed by atoms with E-state index in [-0.39, 0.29) is 23.1 Å². The van der Waals surface area contributed by atoms with Crippen LogP contribution in [-0.4, -0.2) is 31.8 Å². The summed E-state index contributed by atoms with van der Waals surface area (Å²) in [5.41, 5.74) is 8.85. The number of ether oxygens (including phenoxy) is 1. The molecule has 28 heavy (non-hydrogen) atoms. The van der Waals surface area contributed by atoms with Crippen LogP contribution >= 0.6 is 0 Å². The molecule has 0 unspecified atom stereocenters. The van der Waals surface area contributed by atoms with Crippen LogP contribution in [0, 0.1) is 0 Å². The highest BCUT2D eigenvalue weighted by atomic mass is 32.2. The summed E-state index contributed by atoms with van der Waals surface area (Å²) in [6.45, 7) is 0.262. The van der Waals surface area contributed by atoms with Crippen molar-refractivity contribution in [3.8, 4) is 5.75 Å². The standard InChI is InChI=1S/C19H15N5O3S/c20-24-21-11-12-27-16-9-4-8-15-18(16)19(23-22-15)28(25,26)17-10-3-6-13-5-1-2-7-14(13)17/h1-10H,11-12H2,(H,22,23). The second-order valence-electron chi connectivity index (χ2n) is 5.99. The maximum atomic E-state index is 13.5. The van der Waals surface area contributed by atoms with Gasteiger partial charge in [0.05, 0.1) is 29.0 Å². The first-order chi connectivity index (χ1) is 13.6. The molecule has 4 aromatic rings. The molecule has 3 aromatic carbocycles. The van der Waals surface area contributed by atoms with E-state index in [2.05, 4.69) is 20.2 Å². The van der Waals surface area contributed by atoms with Crippen molar-refractivity contribution in [3.63, 3.8) is 0 Å². The number of azide groups is 1. The lowest BCUT2D eigenvalue weighted by atomic mass is 10.1. The number of nitrogens with one attached hydrogen (secondary N) is 1. The van der Waals surface area contributed by atoms with Crippen LogP contribution in [0.1, 0.15) is 0 Å². The van der Waals surface area contributed by atoms with Gasteiger partial charge in [0, 0.05) is 10.3 Å². The van der Waals surface area contributed by atoms with Crippen LogP contribution in [0.15, 0.2) is 75.7 Å². The smallest absolute Gasteiger partial charge is 0.224 e. The van der Waals surface area contributed by atoms with Crippen molar-refractivity contribution < 1.29 is 13.2 Å². The quantitative estimate of drug-likeness (QED) is 0.228. The second-order valence-corrected chi connectivity index (χ2v) is 7.84. The molecule has 140 valence electrons. The molecule has 0 saturated carbocycles. The third kappa shape index (κ3) is 3.02. The number of nitrogens with zero attached hydrogens (tertiary/aromatic N) is 4. The highest BCUT2D eigenvalue weighted by Gasteiger charge is 2.26. The predicted molar refractivity (Wildman–Crippen MR) is 105 cm³/mol. The fourth-order valence-corrected chi connectivity index (χ4v) is 4.70. The number of hydrogen-bond acceptors (Lipinski definition) is 5. The van der Waals surface area contributed by atoms with Gasteiger partial charge in [-0.1, -0.05) is 47.6 Å². The molecule has 0 aliphatic rings. The molecule has 8 nitrogen and oxygen atoms in total. The summed E-state index contributed by atoms with van der Waals surface area (Å²) in [5, 5.41) is 12.0. The van der Waals surface area contributed by atoms with Crippen molar-refractivity contribution in [2.24, 2.45) is 5.11 Å². The molecule has 1 N–H and O–H groups in total. The van der Waals surface area contributed by atoms with Crippen LogP contribution in [-0.2, 0) is 9.84 Å². The molecule has 0 fully saturated rings. The summed E-state index contributed by atoms with van der Waals surface area (Å²) in [6.07, 6.45) is 0. The van der Waals surface area contributed by atoms with Crippen LogP contribution in [0.25, 0.3) is 32.1 Å². The molecular weight excluding hydrogens is 378 g/mol. The molecule has 9 heteroatoms. The number of hydrogen-bond donors (Lipinski definition) is 1. The Balaban J connectivity index is 1.87. The maximum Gasteiger partial charge on any atom is 0.224 e. The number of fused-ring (bicyclic) bond motifs is 2. The SMILES string of the molecule is [N-]=[N+]=NCCOc1cccc2n[nH]c(S(=O)(=O)c3cccc4ccccc34)c12. The fraction of sp³-hybridized carbons (Fsp3) is 0.105. The molecule has 0 atom stereocenters. The number of rotatable bonds is 6. The number of sulfone groups is 1. The van der Waals surface area contributed by atoms with Gasteiger partial charge in [0.25, 0.3) is 0 Å². The van der Waals surface area contributed by atoms with E-state index in [9.17, 15) is 8.42 Å². The first-order valence-corrected chi connectivity index (χ1v) is 9.95. The zero-order valence-electron chi connectivity index (χ0n) is 14.6. The Bertz CT molecular complexity index is 1320. The van der Waals surface area contributed by atoms with Gasteiger partial charge in [-0.2, -0.15) is 5.10 Å². The topological polar surface area (TPSA) is 121 Å². The van der Waals surface area contributed by atoms with Gasteiger partial charge in [-0.25, -0.2) is 8.42 Å². The Morgan fingerprint density at radius 3 is 2.71 bits per heavy atom. The molecule has 0 amide bonds. The summed E-state index contributed by atoms with van der Waals surface area (Å²) in [5.74, 6) is 0.359. The van der Waals surface area contributed by atoms with E-state index in [1.165, 1.54) is 0 Å². The van der Waals surface area contributed by atoms with Crippen molar-refractivity contribution in [3.05, 3.63) is 71.1 Å². The van der Waals surface area contributed by atoms with E-state index in [1.54, 1.807) is 42.5 Å². The summed E-state index contributed by atoms with van der Waals surface area (Å²) in [4.78, 5) is 2.87. The molecular formula is C19H15N5O3S. The first kappa shape index (κ1) is 17.8. The molecule has 4 rings (SSSR count). The minimum atomic E-state index is -3.89.